The SMILES string of the molecule is CN1c2ccc([N+](=O)[O-])cc2[C@@](C)(C(F)(F)F)[C@@H]1c1ccccc1. The van der Waals surface area contributed by atoms with Gasteiger partial charge in [-0.3, -0.25) is 10.1 Å². The van der Waals surface area contributed by atoms with Crippen LogP contribution in [0.4, 0.5) is 24.5 Å². The highest BCUT2D eigenvalue weighted by atomic mass is 19.4. The Hall–Kier alpha value is -2.57. The van der Waals surface area contributed by atoms with Gasteiger partial charge in [-0.2, -0.15) is 13.2 Å². The van der Waals surface area contributed by atoms with Crippen LogP contribution in [0, 0.1) is 10.1 Å². The molecule has 0 aromatic heterocycles. The van der Waals surface area contributed by atoms with Gasteiger partial charge in [-0.15, -0.1) is 0 Å². The van der Waals surface area contributed by atoms with Crippen molar-refractivity contribution in [3.8, 4) is 0 Å². The lowest BCUT2D eigenvalue weighted by molar-refractivity contribution is -0.385. The average Bonchev–Trinajstić information content (AvgIpc) is 2.76. The molecular weight excluding hydrogens is 321 g/mol. The summed E-state index contributed by atoms with van der Waals surface area (Å²) in [6.45, 7) is 1.11. The molecule has 0 bridgehead atoms. The number of hydrogen-bond donors (Lipinski definition) is 0. The van der Waals surface area contributed by atoms with Crippen molar-refractivity contribution in [1.82, 2.24) is 0 Å². The van der Waals surface area contributed by atoms with Gasteiger partial charge >= 0.3 is 6.18 Å². The summed E-state index contributed by atoms with van der Waals surface area (Å²) in [7, 11) is 1.58. The Bertz CT molecular complexity index is 792. The monoisotopic (exact) mass is 336 g/mol. The first-order chi connectivity index (χ1) is 11.2. The predicted molar refractivity (Wildman–Crippen MR) is 84.1 cm³/mol. The van der Waals surface area contributed by atoms with Gasteiger partial charge in [0, 0.05) is 24.9 Å². The minimum absolute atomic E-state index is 0.0689. The van der Waals surface area contributed by atoms with Gasteiger partial charge in [-0.25, -0.2) is 0 Å². The zero-order valence-corrected chi connectivity index (χ0v) is 13.0. The van der Waals surface area contributed by atoms with Crippen LogP contribution in [0.25, 0.3) is 0 Å². The first-order valence-electron chi connectivity index (χ1n) is 7.31. The lowest BCUT2D eigenvalue weighted by Crippen LogP contribution is -2.45. The van der Waals surface area contributed by atoms with Crippen molar-refractivity contribution in [1.29, 1.82) is 0 Å². The van der Waals surface area contributed by atoms with Crippen molar-refractivity contribution in [2.24, 2.45) is 0 Å². The van der Waals surface area contributed by atoms with Crippen LogP contribution in [-0.4, -0.2) is 18.1 Å². The minimum Gasteiger partial charge on any atom is -0.366 e. The summed E-state index contributed by atoms with van der Waals surface area (Å²) >= 11 is 0. The summed E-state index contributed by atoms with van der Waals surface area (Å²) in [5.74, 6) is 0. The first kappa shape index (κ1) is 16.3. The Labute approximate surface area is 136 Å². The van der Waals surface area contributed by atoms with Gasteiger partial charge in [-0.1, -0.05) is 30.3 Å². The molecule has 3 rings (SSSR count). The molecule has 126 valence electrons. The molecular formula is C17H15F3N2O2. The number of nitro groups is 1. The third-order valence-corrected chi connectivity index (χ3v) is 4.77. The van der Waals surface area contributed by atoms with Crippen LogP contribution >= 0.6 is 0 Å². The summed E-state index contributed by atoms with van der Waals surface area (Å²) in [4.78, 5) is 11.9. The zero-order chi connectivity index (χ0) is 17.7. The van der Waals surface area contributed by atoms with Crippen molar-refractivity contribution in [3.63, 3.8) is 0 Å². The van der Waals surface area contributed by atoms with Crippen molar-refractivity contribution in [2.45, 2.75) is 24.6 Å². The normalized spacial score (nSPS) is 23.2. The fourth-order valence-electron chi connectivity index (χ4n) is 3.53. The fourth-order valence-corrected chi connectivity index (χ4v) is 3.53. The lowest BCUT2D eigenvalue weighted by atomic mass is 9.75. The molecule has 0 radical (unpaired) electrons. The lowest BCUT2D eigenvalue weighted by Gasteiger charge is -2.37. The average molecular weight is 336 g/mol. The predicted octanol–water partition coefficient (Wildman–Crippen LogP) is 4.61. The summed E-state index contributed by atoms with van der Waals surface area (Å²) in [6.07, 6.45) is -4.57. The largest absolute Gasteiger partial charge is 0.400 e. The van der Waals surface area contributed by atoms with Crippen molar-refractivity contribution < 1.29 is 18.1 Å². The number of nitro benzene ring substituents is 1. The van der Waals surface area contributed by atoms with Crippen LogP contribution in [0.5, 0.6) is 0 Å². The molecule has 1 aliphatic rings. The number of nitrogens with zero attached hydrogens (tertiary/aromatic N) is 2. The number of hydrogen-bond acceptors (Lipinski definition) is 3. The van der Waals surface area contributed by atoms with E-state index >= 15 is 0 Å². The van der Waals surface area contributed by atoms with E-state index in [0.29, 0.717) is 11.3 Å². The van der Waals surface area contributed by atoms with Gasteiger partial charge in [0.25, 0.3) is 5.69 Å². The number of non-ortho nitro benzene ring substituents is 1. The van der Waals surface area contributed by atoms with E-state index in [1.165, 1.54) is 12.1 Å². The van der Waals surface area contributed by atoms with Gasteiger partial charge in [0.05, 0.1) is 11.0 Å². The number of benzene rings is 2. The van der Waals surface area contributed by atoms with Crippen LogP contribution in [0.1, 0.15) is 24.1 Å². The van der Waals surface area contributed by atoms with Gasteiger partial charge in [0.2, 0.25) is 0 Å². The summed E-state index contributed by atoms with van der Waals surface area (Å²) < 4.78 is 42.2. The second-order valence-electron chi connectivity index (χ2n) is 6.08. The van der Waals surface area contributed by atoms with Crippen LogP contribution in [-0.2, 0) is 5.41 Å². The van der Waals surface area contributed by atoms with E-state index in [-0.39, 0.29) is 11.3 Å². The van der Waals surface area contributed by atoms with Gasteiger partial charge in [0.1, 0.15) is 5.41 Å². The molecule has 2 aromatic rings. The maximum absolute atomic E-state index is 14.1. The molecule has 0 saturated heterocycles. The minimum atomic E-state index is -4.57. The van der Waals surface area contributed by atoms with E-state index in [1.54, 1.807) is 42.3 Å². The molecule has 2 atom stereocenters. The van der Waals surface area contributed by atoms with E-state index < -0.39 is 22.6 Å². The second-order valence-corrected chi connectivity index (χ2v) is 6.08. The summed E-state index contributed by atoms with van der Waals surface area (Å²) in [5, 5.41) is 11.0. The van der Waals surface area contributed by atoms with Crippen LogP contribution in [0.2, 0.25) is 0 Å². The third kappa shape index (κ3) is 2.15. The molecule has 0 aliphatic carbocycles. The fraction of sp³-hybridized carbons (Fsp3) is 0.294. The van der Waals surface area contributed by atoms with E-state index in [4.69, 9.17) is 0 Å². The molecule has 7 heteroatoms. The topological polar surface area (TPSA) is 46.4 Å². The van der Waals surface area contributed by atoms with E-state index in [0.717, 1.165) is 13.0 Å². The van der Waals surface area contributed by atoms with Gasteiger partial charge < -0.3 is 4.90 Å². The maximum Gasteiger partial charge on any atom is 0.400 e. The van der Waals surface area contributed by atoms with Gasteiger partial charge in [-0.05, 0) is 24.1 Å². The molecule has 0 amide bonds. The molecule has 24 heavy (non-hydrogen) atoms. The maximum atomic E-state index is 14.1. The van der Waals surface area contributed by atoms with Crippen LogP contribution in [0.3, 0.4) is 0 Å². The molecule has 1 heterocycles. The zero-order valence-electron chi connectivity index (χ0n) is 13.0. The van der Waals surface area contributed by atoms with Crippen molar-refractivity contribution in [2.75, 3.05) is 11.9 Å². The Kier molecular flexibility index (Phi) is 3.55. The molecule has 4 nitrogen and oxygen atoms in total. The van der Waals surface area contributed by atoms with E-state index in [9.17, 15) is 23.3 Å². The Morgan fingerprint density at radius 3 is 2.33 bits per heavy atom. The molecule has 0 saturated carbocycles. The number of halogens is 3. The Morgan fingerprint density at radius 1 is 1.17 bits per heavy atom. The second kappa shape index (κ2) is 5.22. The van der Waals surface area contributed by atoms with E-state index in [2.05, 4.69) is 0 Å². The van der Waals surface area contributed by atoms with Gasteiger partial charge in [0.15, 0.2) is 0 Å². The van der Waals surface area contributed by atoms with Crippen molar-refractivity contribution in [3.05, 3.63) is 69.8 Å². The highest BCUT2D eigenvalue weighted by molar-refractivity contribution is 5.68. The smallest absolute Gasteiger partial charge is 0.366 e. The number of likely N-dealkylation sites (N-methyl/N-ethyl adjacent to an activating group) is 1. The van der Waals surface area contributed by atoms with Crippen LogP contribution < -0.4 is 4.90 Å². The summed E-state index contributed by atoms with van der Waals surface area (Å²) in [6, 6.07) is 11.1. The molecule has 0 unspecified atom stereocenters. The first-order valence-corrected chi connectivity index (χ1v) is 7.31. The number of anilines is 1. The Morgan fingerprint density at radius 2 is 1.79 bits per heavy atom. The number of alkyl halides is 3. The molecule has 0 spiro atoms. The Balaban J connectivity index is 2.28. The van der Waals surface area contributed by atoms with E-state index in [1.807, 2.05) is 0 Å². The number of fused-ring (bicyclic) bond motifs is 1. The summed E-state index contributed by atoms with van der Waals surface area (Å²) in [5.41, 5.74) is -1.79. The standard InChI is InChI=1S/C17H15F3N2O2/c1-16(17(18,19)20)13-10-12(22(23)24)8-9-14(13)21(2)15(16)11-6-4-3-5-7-11/h3-10,15H,1-2H3/t15-,16+/m0/s1. The number of rotatable bonds is 2. The van der Waals surface area contributed by atoms with Crippen LogP contribution in [0.15, 0.2) is 48.5 Å². The third-order valence-electron chi connectivity index (χ3n) is 4.77. The quantitative estimate of drug-likeness (QED) is 0.594. The molecule has 0 N–H and O–H groups in total. The molecule has 2 aromatic carbocycles. The van der Waals surface area contributed by atoms with Crippen molar-refractivity contribution >= 4 is 11.4 Å². The highest BCUT2D eigenvalue weighted by Crippen LogP contribution is 2.59. The molecule has 0 fully saturated rings. The highest BCUT2D eigenvalue weighted by Gasteiger charge is 2.63. The molecule has 1 aliphatic heterocycles.